The summed E-state index contributed by atoms with van der Waals surface area (Å²) in [6.07, 6.45) is -0.191. The fourth-order valence-electron chi connectivity index (χ4n) is 1.99. The molecule has 2 N–H and O–H groups in total. The third-order valence-corrected chi connectivity index (χ3v) is 3.01. The van der Waals surface area contributed by atoms with E-state index in [-0.39, 0.29) is 17.7 Å². The summed E-state index contributed by atoms with van der Waals surface area (Å²) in [5, 5.41) is 8.97. The number of aliphatic hydroxyl groups excluding tert-OH is 1. The molecule has 0 bridgehead atoms. The van der Waals surface area contributed by atoms with Crippen molar-refractivity contribution in [2.75, 3.05) is 6.61 Å². The molecule has 1 aromatic rings. The lowest BCUT2D eigenvalue weighted by Crippen LogP contribution is -2.35. The first kappa shape index (κ1) is 12.4. The van der Waals surface area contributed by atoms with Crippen molar-refractivity contribution in [1.82, 2.24) is 9.55 Å². The molecule has 1 fully saturated rings. The van der Waals surface area contributed by atoms with E-state index in [4.69, 9.17) is 22.1 Å². The number of alkyl halides is 1. The first-order valence-electron chi connectivity index (χ1n) is 5.21. The summed E-state index contributed by atoms with van der Waals surface area (Å²) in [5.41, 5.74) is -2.22. The monoisotopic (exact) mass is 260 g/mol. The molecule has 0 amide bonds. The van der Waals surface area contributed by atoms with Crippen LogP contribution in [0, 0.1) is 4.64 Å². The summed E-state index contributed by atoms with van der Waals surface area (Å²) >= 11 is 4.79. The van der Waals surface area contributed by atoms with E-state index in [1.807, 2.05) is 0 Å². The summed E-state index contributed by atoms with van der Waals surface area (Å²) in [6, 6.07) is 1.49. The molecule has 2 heterocycles. The molecule has 0 spiro atoms. The van der Waals surface area contributed by atoms with Crippen LogP contribution in [-0.2, 0) is 4.74 Å². The van der Waals surface area contributed by atoms with Crippen LogP contribution in [0.15, 0.2) is 17.1 Å². The highest BCUT2D eigenvalue weighted by atomic mass is 32.1. The van der Waals surface area contributed by atoms with Crippen LogP contribution in [0.2, 0.25) is 0 Å². The Morgan fingerprint density at radius 2 is 2.53 bits per heavy atom. The van der Waals surface area contributed by atoms with Gasteiger partial charge in [-0.15, -0.1) is 0 Å². The van der Waals surface area contributed by atoms with Gasteiger partial charge in [0.15, 0.2) is 11.9 Å². The number of hydrogen-bond donors (Lipinski definition) is 2. The molecule has 0 radical (unpaired) electrons. The molecule has 1 aliphatic heterocycles. The Morgan fingerprint density at radius 1 is 1.82 bits per heavy atom. The zero-order chi connectivity index (χ0) is 12.6. The van der Waals surface area contributed by atoms with Crippen molar-refractivity contribution in [3.8, 4) is 0 Å². The van der Waals surface area contributed by atoms with E-state index in [1.165, 1.54) is 19.2 Å². The normalized spacial score (nSPS) is 32.9. The van der Waals surface area contributed by atoms with Crippen molar-refractivity contribution in [2.24, 2.45) is 0 Å². The number of nitrogens with zero attached hydrogens (tertiary/aromatic N) is 1. The molecule has 94 valence electrons. The molecular weight excluding hydrogens is 247 g/mol. The number of H-pyrrole nitrogens is 1. The third-order valence-electron chi connectivity index (χ3n) is 2.77. The van der Waals surface area contributed by atoms with Gasteiger partial charge in [0.2, 0.25) is 0 Å². The predicted octanol–water partition coefficient (Wildman–Crippen LogP) is 0.914. The lowest BCUT2D eigenvalue weighted by atomic mass is 10.0. The maximum absolute atomic E-state index is 14.2. The summed E-state index contributed by atoms with van der Waals surface area (Å²) < 4.78 is 21.0. The van der Waals surface area contributed by atoms with Gasteiger partial charge in [0.1, 0.15) is 4.64 Å². The van der Waals surface area contributed by atoms with Crippen LogP contribution < -0.4 is 5.69 Å². The van der Waals surface area contributed by atoms with Gasteiger partial charge in [-0.3, -0.25) is 9.55 Å². The molecule has 0 saturated carbocycles. The number of ether oxygens (including phenoxy) is 1. The van der Waals surface area contributed by atoms with Crippen molar-refractivity contribution in [2.45, 2.75) is 31.3 Å². The van der Waals surface area contributed by atoms with Gasteiger partial charge in [-0.1, -0.05) is 12.2 Å². The highest BCUT2D eigenvalue weighted by Crippen LogP contribution is 2.39. The van der Waals surface area contributed by atoms with E-state index in [2.05, 4.69) is 4.98 Å². The summed E-state index contributed by atoms with van der Waals surface area (Å²) in [7, 11) is 0. The van der Waals surface area contributed by atoms with Crippen LogP contribution in [-0.4, -0.2) is 33.0 Å². The Bertz CT molecular complexity index is 525. The second-order valence-corrected chi connectivity index (χ2v) is 4.73. The van der Waals surface area contributed by atoms with E-state index in [0.29, 0.717) is 0 Å². The van der Waals surface area contributed by atoms with Crippen molar-refractivity contribution in [3.63, 3.8) is 0 Å². The number of rotatable bonds is 2. The molecule has 3 atom stereocenters. The number of nitrogens with one attached hydrogen (secondary N) is 1. The minimum Gasteiger partial charge on any atom is -0.394 e. The van der Waals surface area contributed by atoms with E-state index in [0.717, 1.165) is 4.57 Å². The Morgan fingerprint density at radius 3 is 3.06 bits per heavy atom. The molecule has 5 nitrogen and oxygen atoms in total. The second-order valence-electron chi connectivity index (χ2n) is 4.29. The highest BCUT2D eigenvalue weighted by molar-refractivity contribution is 7.71. The molecule has 17 heavy (non-hydrogen) atoms. The molecule has 1 aliphatic rings. The van der Waals surface area contributed by atoms with Crippen LogP contribution in [0.5, 0.6) is 0 Å². The average Bonchev–Trinajstić information content (AvgIpc) is 2.54. The number of aromatic amines is 1. The molecule has 0 aliphatic carbocycles. The summed E-state index contributed by atoms with van der Waals surface area (Å²) in [6.45, 7) is 1.08. The molecule has 1 aromatic heterocycles. The Balaban J connectivity index is 2.40. The summed E-state index contributed by atoms with van der Waals surface area (Å²) in [5.74, 6) is 0. The SMILES string of the molecule is C[C@@]1(F)C[C@@H](CO)O[C@H]1n1ccc(=S)[nH]c1=O. The molecule has 1 saturated heterocycles. The maximum Gasteiger partial charge on any atom is 0.328 e. The fourth-order valence-corrected chi connectivity index (χ4v) is 2.14. The van der Waals surface area contributed by atoms with Gasteiger partial charge in [0.05, 0.1) is 12.7 Å². The minimum absolute atomic E-state index is 0.0518. The number of hydrogen-bond acceptors (Lipinski definition) is 4. The highest BCUT2D eigenvalue weighted by Gasteiger charge is 2.47. The van der Waals surface area contributed by atoms with Crippen LogP contribution in [0.4, 0.5) is 4.39 Å². The lowest BCUT2D eigenvalue weighted by Gasteiger charge is -2.22. The third kappa shape index (κ3) is 2.31. The molecule has 2 rings (SSSR count). The van der Waals surface area contributed by atoms with E-state index < -0.39 is 23.7 Å². The number of aromatic nitrogens is 2. The quantitative estimate of drug-likeness (QED) is 0.776. The lowest BCUT2D eigenvalue weighted by molar-refractivity contribution is -0.0610. The maximum atomic E-state index is 14.2. The summed E-state index contributed by atoms with van der Waals surface area (Å²) in [4.78, 5) is 14.0. The van der Waals surface area contributed by atoms with Crippen LogP contribution in [0.3, 0.4) is 0 Å². The number of aliphatic hydroxyl groups is 1. The Kier molecular flexibility index (Phi) is 3.15. The van der Waals surface area contributed by atoms with Crippen molar-refractivity contribution < 1.29 is 14.2 Å². The zero-order valence-corrected chi connectivity index (χ0v) is 10.0. The van der Waals surface area contributed by atoms with Crippen LogP contribution >= 0.6 is 12.2 Å². The minimum atomic E-state index is -1.70. The van der Waals surface area contributed by atoms with Gasteiger partial charge in [-0.2, -0.15) is 0 Å². The number of halogens is 1. The van der Waals surface area contributed by atoms with E-state index >= 15 is 0 Å². The van der Waals surface area contributed by atoms with E-state index in [1.54, 1.807) is 0 Å². The van der Waals surface area contributed by atoms with Crippen molar-refractivity contribution in [3.05, 3.63) is 27.4 Å². The van der Waals surface area contributed by atoms with Gasteiger partial charge in [0, 0.05) is 12.6 Å². The topological polar surface area (TPSA) is 67.2 Å². The van der Waals surface area contributed by atoms with E-state index in [9.17, 15) is 9.18 Å². The fraction of sp³-hybridized carbons (Fsp3) is 0.600. The van der Waals surface area contributed by atoms with Crippen LogP contribution in [0.1, 0.15) is 19.6 Å². The van der Waals surface area contributed by atoms with Gasteiger partial charge < -0.3 is 9.84 Å². The molecule has 0 unspecified atom stereocenters. The van der Waals surface area contributed by atoms with Crippen molar-refractivity contribution >= 4 is 12.2 Å². The van der Waals surface area contributed by atoms with Gasteiger partial charge in [-0.25, -0.2) is 9.18 Å². The molecule has 0 aromatic carbocycles. The average molecular weight is 260 g/mol. The standard InChI is InChI=1S/C10H13FN2O3S/c1-10(11)4-6(5-14)16-8(10)13-3-2-7(17)12-9(13)15/h2-3,6,8,14H,4-5H2,1H3,(H,12,15,17)/t6-,8+,10+/m0/s1. The van der Waals surface area contributed by atoms with Gasteiger partial charge >= 0.3 is 5.69 Å². The van der Waals surface area contributed by atoms with Gasteiger partial charge in [-0.05, 0) is 13.0 Å². The Hall–Kier alpha value is -1.05. The molecular formula is C10H13FN2O3S. The van der Waals surface area contributed by atoms with Gasteiger partial charge in [0.25, 0.3) is 0 Å². The Labute approximate surface area is 102 Å². The largest absolute Gasteiger partial charge is 0.394 e. The predicted molar refractivity (Wildman–Crippen MR) is 61.0 cm³/mol. The zero-order valence-electron chi connectivity index (χ0n) is 9.22. The first-order valence-corrected chi connectivity index (χ1v) is 5.61. The van der Waals surface area contributed by atoms with Crippen LogP contribution in [0.25, 0.3) is 0 Å². The first-order chi connectivity index (χ1) is 7.94. The second kappa shape index (κ2) is 4.32. The molecule has 7 heteroatoms. The smallest absolute Gasteiger partial charge is 0.328 e. The van der Waals surface area contributed by atoms with Crippen molar-refractivity contribution in [1.29, 1.82) is 0 Å².